The molecule has 10 rings (SSSR count). The van der Waals surface area contributed by atoms with Gasteiger partial charge in [0, 0.05) is 0 Å². The second-order valence-corrected chi connectivity index (χ2v) is 28.0. The van der Waals surface area contributed by atoms with Crippen LogP contribution in [0, 0.1) is 0 Å². The summed E-state index contributed by atoms with van der Waals surface area (Å²) in [5.41, 5.74) is 0. The van der Waals surface area contributed by atoms with Gasteiger partial charge in [0.15, 0.2) is 62.9 Å². The number of aliphatic hydroxyl groups excluding tert-OH is 32. The number of rotatable bonds is 28. The van der Waals surface area contributed by atoms with Crippen LogP contribution in [0.3, 0.4) is 0 Å². The monoisotopic (exact) mass is 1640 g/mol. The molecule has 10 aliphatic heterocycles. The molecule has 0 aromatic heterocycles. The van der Waals surface area contributed by atoms with Crippen molar-refractivity contribution in [1.29, 1.82) is 0 Å². The molecule has 51 nitrogen and oxygen atoms in total. The highest BCUT2D eigenvalue weighted by Crippen LogP contribution is 2.42. The standard InChI is InChI=1S/C60H102O51/c61-1-11-22(72)32(82)42(51(92)93-11)103-53-44(34(84)24(74)13(3-63)95-53)105-55-46(36(86)26(76)15(5-65)97-55)107-57-48(38(88)28(78)17(7-67)99-57)109-59-50(40(90)30(80)19(9-69)101-59)111-60-49(39(89)29(79)20(10-70)102-60)110-58-47(37(87)27(77)18(8-68)100-58)108-56-45(35(85)25(75)16(6-66)98-56)106-54-43(33(83)23(73)14(4-64)96-54)104-52-41(91)31(81)21(71)12(2-62)94-52/h11-92H,1-10H2/t11-,12-,13-,14-,15-,16-,17-,18-,19-,20-,21-,22-,23-,24-,25-,26-,27-,28-,29-,30-,31+,32+,33+,34+,35+,36+,37+,38+,39+,40+,41-,42-,43-,44-,45-,46-,47-,48-,49-,50-,51?,52+,53+,54+,55+,56+,57+,58+,59+,60+/m1/s1. The van der Waals surface area contributed by atoms with Crippen molar-refractivity contribution < 1.29 is 253 Å². The molecule has 648 valence electrons. The predicted molar refractivity (Wildman–Crippen MR) is 330 cm³/mol. The van der Waals surface area contributed by atoms with Crippen LogP contribution in [0.25, 0.3) is 0 Å². The Kier molecular flexibility index (Phi) is 32.4. The molecule has 0 bridgehead atoms. The molecule has 10 saturated heterocycles. The van der Waals surface area contributed by atoms with Crippen LogP contribution in [-0.2, 0) is 90.0 Å². The van der Waals surface area contributed by atoms with Crippen molar-refractivity contribution in [2.24, 2.45) is 0 Å². The van der Waals surface area contributed by atoms with E-state index in [1.165, 1.54) is 0 Å². The van der Waals surface area contributed by atoms with Gasteiger partial charge in [0.05, 0.1) is 66.1 Å². The van der Waals surface area contributed by atoms with Gasteiger partial charge in [0.25, 0.3) is 0 Å². The Bertz CT molecular complexity index is 2790. The van der Waals surface area contributed by atoms with Crippen LogP contribution in [0.15, 0.2) is 0 Å². The molecule has 0 aliphatic carbocycles. The summed E-state index contributed by atoms with van der Waals surface area (Å²) in [5.74, 6) is 0. The highest BCUT2D eigenvalue weighted by molar-refractivity contribution is 5.03. The molecular weight excluding hydrogens is 1540 g/mol. The summed E-state index contributed by atoms with van der Waals surface area (Å²) in [6.45, 7) is -11.3. The van der Waals surface area contributed by atoms with Crippen LogP contribution in [0.1, 0.15) is 0 Å². The van der Waals surface area contributed by atoms with E-state index in [4.69, 9.17) is 90.0 Å². The Morgan fingerprint density at radius 1 is 0.135 bits per heavy atom. The first-order valence-electron chi connectivity index (χ1n) is 35.2. The van der Waals surface area contributed by atoms with Gasteiger partial charge in [-0.15, -0.1) is 0 Å². The molecule has 0 saturated carbocycles. The third-order valence-electron chi connectivity index (χ3n) is 20.9. The molecular formula is C60H102O51. The van der Waals surface area contributed by atoms with Crippen molar-refractivity contribution in [3.63, 3.8) is 0 Å². The fourth-order valence-electron chi connectivity index (χ4n) is 14.3. The maximum atomic E-state index is 12.0. The van der Waals surface area contributed by atoms with E-state index in [-0.39, 0.29) is 0 Å². The second-order valence-electron chi connectivity index (χ2n) is 28.0. The number of hydrogen-bond acceptors (Lipinski definition) is 51. The van der Waals surface area contributed by atoms with Gasteiger partial charge in [-0.05, 0) is 0 Å². The fraction of sp³-hybridized carbons (Fsp3) is 1.00. The number of aliphatic hydroxyl groups is 32. The number of hydrogen-bond donors (Lipinski definition) is 32. The lowest BCUT2D eigenvalue weighted by molar-refractivity contribution is -0.425. The van der Waals surface area contributed by atoms with E-state index in [9.17, 15) is 163 Å². The van der Waals surface area contributed by atoms with Crippen LogP contribution in [0.2, 0.25) is 0 Å². The zero-order valence-electron chi connectivity index (χ0n) is 58.0. The quantitative estimate of drug-likeness (QED) is 0.0346. The average Bonchev–Trinajstić information content (AvgIpc) is 0.766. The lowest BCUT2D eigenvalue weighted by Crippen LogP contribution is -2.69. The van der Waals surface area contributed by atoms with E-state index in [0.717, 1.165) is 0 Å². The van der Waals surface area contributed by atoms with Crippen molar-refractivity contribution in [3.05, 3.63) is 0 Å². The maximum absolute atomic E-state index is 12.0. The van der Waals surface area contributed by atoms with E-state index in [1.54, 1.807) is 0 Å². The van der Waals surface area contributed by atoms with Crippen molar-refractivity contribution in [2.45, 2.75) is 307 Å². The first-order valence-corrected chi connectivity index (χ1v) is 35.2. The van der Waals surface area contributed by atoms with Gasteiger partial charge in [-0.3, -0.25) is 0 Å². The van der Waals surface area contributed by atoms with Crippen LogP contribution in [-0.4, -0.2) is 537 Å². The normalized spacial score (nSPS) is 53.7. The van der Waals surface area contributed by atoms with Gasteiger partial charge in [-0.1, -0.05) is 0 Å². The summed E-state index contributed by atoms with van der Waals surface area (Å²) in [6, 6.07) is 0. The summed E-state index contributed by atoms with van der Waals surface area (Å²) in [5, 5.41) is 352. The summed E-state index contributed by atoms with van der Waals surface area (Å²) in [7, 11) is 0. The molecule has 51 heteroatoms. The topological polar surface area (TPSA) is 823 Å². The Morgan fingerprint density at radius 3 is 0.432 bits per heavy atom. The molecule has 0 spiro atoms. The highest BCUT2D eigenvalue weighted by atomic mass is 16.8. The molecule has 0 amide bonds. The highest BCUT2D eigenvalue weighted by Gasteiger charge is 2.62. The molecule has 10 heterocycles. The third-order valence-corrected chi connectivity index (χ3v) is 20.9. The molecule has 32 N–H and O–H groups in total. The minimum atomic E-state index is -2.52. The van der Waals surface area contributed by atoms with E-state index in [1.807, 2.05) is 0 Å². The van der Waals surface area contributed by atoms with Crippen molar-refractivity contribution in [3.8, 4) is 0 Å². The summed E-state index contributed by atoms with van der Waals surface area (Å²) >= 11 is 0. The van der Waals surface area contributed by atoms with Gasteiger partial charge in [-0.2, -0.15) is 0 Å². The lowest BCUT2D eigenvalue weighted by Gasteiger charge is -2.51. The van der Waals surface area contributed by atoms with Crippen LogP contribution in [0.5, 0.6) is 0 Å². The molecule has 1 unspecified atom stereocenters. The van der Waals surface area contributed by atoms with Gasteiger partial charge < -0.3 is 253 Å². The van der Waals surface area contributed by atoms with Crippen LogP contribution in [0.4, 0.5) is 0 Å². The second kappa shape index (κ2) is 39.4. The third kappa shape index (κ3) is 18.8. The zero-order valence-corrected chi connectivity index (χ0v) is 58.0. The molecule has 50 atom stereocenters. The van der Waals surface area contributed by atoms with Gasteiger partial charge in [0.2, 0.25) is 0 Å². The van der Waals surface area contributed by atoms with E-state index < -0.39 is 373 Å². The largest absolute Gasteiger partial charge is 0.394 e. The van der Waals surface area contributed by atoms with Crippen molar-refractivity contribution >= 4 is 0 Å². The predicted octanol–water partition coefficient (Wildman–Crippen LogP) is -22.8. The first-order chi connectivity index (χ1) is 52.7. The van der Waals surface area contributed by atoms with Gasteiger partial charge >= 0.3 is 0 Å². The van der Waals surface area contributed by atoms with Gasteiger partial charge in [-0.25, -0.2) is 0 Å². The molecule has 10 aliphatic rings. The molecule has 111 heavy (non-hydrogen) atoms. The Morgan fingerprint density at radius 2 is 0.261 bits per heavy atom. The Balaban J connectivity index is 0.951. The zero-order chi connectivity index (χ0) is 81.4. The lowest BCUT2D eigenvalue weighted by atomic mass is 9.95. The fourth-order valence-corrected chi connectivity index (χ4v) is 14.3. The molecule has 0 aromatic carbocycles. The molecule has 10 fully saturated rings. The maximum Gasteiger partial charge on any atom is 0.187 e. The molecule has 0 radical (unpaired) electrons. The van der Waals surface area contributed by atoms with Crippen molar-refractivity contribution in [2.75, 3.05) is 66.1 Å². The summed E-state index contributed by atoms with van der Waals surface area (Å²) in [6.07, 6.45) is -111. The van der Waals surface area contributed by atoms with E-state index in [2.05, 4.69) is 0 Å². The van der Waals surface area contributed by atoms with Gasteiger partial charge in [0.1, 0.15) is 244 Å². The van der Waals surface area contributed by atoms with Crippen molar-refractivity contribution in [1.82, 2.24) is 0 Å². The summed E-state index contributed by atoms with van der Waals surface area (Å²) < 4.78 is 111. The molecule has 0 aromatic rings. The minimum absolute atomic E-state index is 0.940. The number of ether oxygens (including phenoxy) is 19. The minimum Gasteiger partial charge on any atom is -0.394 e. The summed E-state index contributed by atoms with van der Waals surface area (Å²) in [4.78, 5) is 0. The van der Waals surface area contributed by atoms with Crippen LogP contribution < -0.4 is 0 Å². The SMILES string of the molecule is OC[C@H]1O[C@@H](O[C@H]2[C@H](O[C@H]3[C@H](O[C@H]4[C@H](O[C@H]5[C@H](O[C@H]6[C@H](O[C@H]7[C@H](O[C@H]8[C@H](O[C@H]9[C@H](O[C@H]%10C(O)O[C@H](CO)[C@@H](O)[C@@H]%10O)O[C@H](CO)[C@@H](O)[C@@H]9O)O[C@H](CO)[C@@H](O)[C@@H]8O)O[C@H](CO)[C@@H](O)[C@@H]7O)O[C@H](CO)[C@@H](O)[C@@H]6O)O[C@H](CO)[C@@H](O)[C@@H]5O)O[C@H](CO)[C@@H](O)[C@@H]4O)O[C@H](CO)[C@@H](O)[C@@H]3O)O[C@H](CO)[C@@H](O)[C@@H]2O)[C@H](O)[C@@H](O)[C@@H]1O. The van der Waals surface area contributed by atoms with E-state index in [0.29, 0.717) is 0 Å². The average molecular weight is 1640 g/mol. The first kappa shape index (κ1) is 91.3. The Hall–Kier alpha value is -2.04. The van der Waals surface area contributed by atoms with E-state index >= 15 is 0 Å². The van der Waals surface area contributed by atoms with Crippen LogP contribution >= 0.6 is 0 Å². The smallest absolute Gasteiger partial charge is 0.187 e. The Labute approximate surface area is 625 Å².